The van der Waals surface area contributed by atoms with Gasteiger partial charge in [-0.25, -0.2) is 0 Å². The highest BCUT2D eigenvalue weighted by Gasteiger charge is 2.14. The first-order valence-corrected chi connectivity index (χ1v) is 8.83. The van der Waals surface area contributed by atoms with Crippen molar-refractivity contribution in [3.63, 3.8) is 0 Å². The predicted molar refractivity (Wildman–Crippen MR) is 87.0 cm³/mol. The van der Waals surface area contributed by atoms with Crippen LogP contribution in [0.3, 0.4) is 0 Å². The summed E-state index contributed by atoms with van der Waals surface area (Å²) >= 11 is 1.71. The number of carbonyl (C=O) groups is 1. The largest absolute Gasteiger partial charge is 0.353 e. The molecule has 0 spiro atoms. The van der Waals surface area contributed by atoms with Crippen molar-refractivity contribution in [1.82, 2.24) is 5.32 Å². The number of carbonyl (C=O) groups excluding carboxylic acids is 1. The van der Waals surface area contributed by atoms with E-state index in [9.17, 15) is 4.79 Å². The van der Waals surface area contributed by atoms with E-state index in [1.807, 2.05) is 0 Å². The zero-order chi connectivity index (χ0) is 14.2. The molecule has 1 aromatic rings. The highest BCUT2D eigenvalue weighted by atomic mass is 32.2. The summed E-state index contributed by atoms with van der Waals surface area (Å²) in [4.78, 5) is 12.0. The molecule has 3 heteroatoms. The molecule has 1 aliphatic carbocycles. The smallest absolute Gasteiger partial charge is 0.230 e. The molecule has 1 fully saturated rings. The molecule has 1 amide bonds. The van der Waals surface area contributed by atoms with Gasteiger partial charge in [0.2, 0.25) is 5.91 Å². The van der Waals surface area contributed by atoms with Gasteiger partial charge in [0, 0.05) is 11.8 Å². The van der Waals surface area contributed by atoms with Crippen molar-refractivity contribution in [1.29, 1.82) is 0 Å². The third-order valence-corrected chi connectivity index (χ3v) is 4.95. The molecule has 0 atom stereocenters. The van der Waals surface area contributed by atoms with Gasteiger partial charge in [-0.3, -0.25) is 4.79 Å². The summed E-state index contributed by atoms with van der Waals surface area (Å²) in [5.41, 5.74) is 2.64. The predicted octanol–water partition coefficient (Wildman–Crippen LogP) is 4.07. The van der Waals surface area contributed by atoms with E-state index in [-0.39, 0.29) is 5.91 Å². The minimum Gasteiger partial charge on any atom is -0.353 e. The molecule has 0 saturated heterocycles. The van der Waals surface area contributed by atoms with Crippen LogP contribution in [0.25, 0.3) is 0 Å². The molecule has 0 aromatic heterocycles. The Hall–Kier alpha value is -0.960. The minimum absolute atomic E-state index is 0.204. The molecule has 0 radical (unpaired) electrons. The summed E-state index contributed by atoms with van der Waals surface area (Å²) in [5, 5.41) is 3.20. The van der Waals surface area contributed by atoms with Crippen molar-refractivity contribution in [2.45, 2.75) is 57.2 Å². The lowest BCUT2D eigenvalue weighted by Crippen LogP contribution is -2.35. The topological polar surface area (TPSA) is 29.1 Å². The summed E-state index contributed by atoms with van der Waals surface area (Å²) in [5.74, 6) is 1.70. The van der Waals surface area contributed by atoms with Gasteiger partial charge >= 0.3 is 0 Å². The van der Waals surface area contributed by atoms with E-state index in [4.69, 9.17) is 0 Å². The van der Waals surface area contributed by atoms with Gasteiger partial charge in [-0.1, -0.05) is 49.9 Å². The third kappa shape index (κ3) is 5.20. The Morgan fingerprint density at radius 3 is 2.60 bits per heavy atom. The van der Waals surface area contributed by atoms with Crippen molar-refractivity contribution in [2.75, 3.05) is 5.75 Å². The lowest BCUT2D eigenvalue weighted by atomic mass is 10.1. The Kier molecular flexibility index (Phi) is 6.44. The fourth-order valence-corrected chi connectivity index (χ4v) is 3.63. The van der Waals surface area contributed by atoms with Crippen LogP contribution in [-0.4, -0.2) is 17.7 Å². The van der Waals surface area contributed by atoms with E-state index in [1.54, 1.807) is 11.8 Å². The second kappa shape index (κ2) is 8.35. The number of hydrogen-bond donors (Lipinski definition) is 1. The first-order valence-electron chi connectivity index (χ1n) is 7.67. The number of aryl methyl sites for hydroxylation is 1. The van der Waals surface area contributed by atoms with Gasteiger partial charge in [-0.15, -0.1) is 11.8 Å². The summed E-state index contributed by atoms with van der Waals surface area (Å²) < 4.78 is 0. The summed E-state index contributed by atoms with van der Waals surface area (Å²) in [6, 6.07) is 8.81. The molecular formula is C17H25NOS. The van der Waals surface area contributed by atoms with Crippen LogP contribution in [0, 0.1) is 6.92 Å². The first-order chi connectivity index (χ1) is 9.75. The monoisotopic (exact) mass is 291 g/mol. The molecule has 20 heavy (non-hydrogen) atoms. The maximum absolute atomic E-state index is 12.0. The average Bonchev–Trinajstić information content (AvgIpc) is 2.69. The SMILES string of the molecule is Cc1ccccc1CSCC(=O)NC1CCCCCC1. The van der Waals surface area contributed by atoms with Crippen LogP contribution in [0.2, 0.25) is 0 Å². The second-order valence-corrected chi connectivity index (χ2v) is 6.66. The number of benzene rings is 1. The van der Waals surface area contributed by atoms with Gasteiger partial charge in [0.25, 0.3) is 0 Å². The Morgan fingerprint density at radius 1 is 1.20 bits per heavy atom. The fourth-order valence-electron chi connectivity index (χ4n) is 2.72. The van der Waals surface area contributed by atoms with Gasteiger partial charge in [-0.2, -0.15) is 0 Å². The van der Waals surface area contributed by atoms with Crippen LogP contribution in [0.15, 0.2) is 24.3 Å². The molecule has 1 aromatic carbocycles. The van der Waals surface area contributed by atoms with Crippen LogP contribution >= 0.6 is 11.8 Å². The first kappa shape index (κ1) is 15.4. The quantitative estimate of drug-likeness (QED) is 0.829. The van der Waals surface area contributed by atoms with Crippen molar-refractivity contribution >= 4 is 17.7 Å². The van der Waals surface area contributed by atoms with Crippen molar-refractivity contribution < 1.29 is 4.79 Å². The van der Waals surface area contributed by atoms with Crippen LogP contribution in [0.5, 0.6) is 0 Å². The van der Waals surface area contributed by atoms with E-state index >= 15 is 0 Å². The number of amides is 1. The van der Waals surface area contributed by atoms with Gasteiger partial charge in [0.05, 0.1) is 5.75 Å². The van der Waals surface area contributed by atoms with E-state index in [0.29, 0.717) is 11.8 Å². The zero-order valence-corrected chi connectivity index (χ0v) is 13.2. The van der Waals surface area contributed by atoms with Crippen LogP contribution in [0.4, 0.5) is 0 Å². The summed E-state index contributed by atoms with van der Waals surface area (Å²) in [6.45, 7) is 2.13. The molecule has 0 aliphatic heterocycles. The van der Waals surface area contributed by atoms with Crippen LogP contribution in [0.1, 0.15) is 49.7 Å². The molecule has 1 aliphatic rings. The summed E-state index contributed by atoms with van der Waals surface area (Å²) in [7, 11) is 0. The van der Waals surface area contributed by atoms with E-state index in [1.165, 1.54) is 36.8 Å². The van der Waals surface area contributed by atoms with Gasteiger partial charge in [0.15, 0.2) is 0 Å². The lowest BCUT2D eigenvalue weighted by Gasteiger charge is -2.16. The maximum atomic E-state index is 12.0. The molecule has 110 valence electrons. The van der Waals surface area contributed by atoms with E-state index < -0.39 is 0 Å². The molecule has 2 rings (SSSR count). The molecule has 1 N–H and O–H groups in total. The van der Waals surface area contributed by atoms with E-state index in [0.717, 1.165) is 18.6 Å². The average molecular weight is 291 g/mol. The minimum atomic E-state index is 0.204. The fraction of sp³-hybridized carbons (Fsp3) is 0.588. The number of thioether (sulfide) groups is 1. The second-order valence-electron chi connectivity index (χ2n) is 5.68. The Balaban J connectivity index is 1.68. The zero-order valence-electron chi connectivity index (χ0n) is 12.4. The highest BCUT2D eigenvalue weighted by molar-refractivity contribution is 7.99. The molecule has 1 saturated carbocycles. The van der Waals surface area contributed by atoms with Crippen molar-refractivity contribution in [3.05, 3.63) is 35.4 Å². The third-order valence-electron chi connectivity index (χ3n) is 3.97. The molecule has 0 bridgehead atoms. The normalized spacial score (nSPS) is 16.6. The summed E-state index contributed by atoms with van der Waals surface area (Å²) in [6.07, 6.45) is 7.51. The van der Waals surface area contributed by atoms with Gasteiger partial charge in [-0.05, 0) is 30.9 Å². The molecular weight excluding hydrogens is 266 g/mol. The number of nitrogens with one attached hydrogen (secondary N) is 1. The standard InChI is InChI=1S/C17H25NOS/c1-14-8-6-7-9-15(14)12-20-13-17(19)18-16-10-4-2-3-5-11-16/h6-9,16H,2-5,10-13H2,1H3,(H,18,19). The Bertz CT molecular complexity index is 425. The van der Waals surface area contributed by atoms with E-state index in [2.05, 4.69) is 36.5 Å². The molecule has 0 heterocycles. The Morgan fingerprint density at radius 2 is 1.90 bits per heavy atom. The van der Waals surface area contributed by atoms with Crippen molar-refractivity contribution in [3.8, 4) is 0 Å². The highest BCUT2D eigenvalue weighted by Crippen LogP contribution is 2.18. The van der Waals surface area contributed by atoms with Crippen LogP contribution < -0.4 is 5.32 Å². The molecule has 2 nitrogen and oxygen atoms in total. The van der Waals surface area contributed by atoms with Crippen LogP contribution in [-0.2, 0) is 10.5 Å². The maximum Gasteiger partial charge on any atom is 0.230 e. The Labute approximate surface area is 126 Å². The van der Waals surface area contributed by atoms with Gasteiger partial charge in [0.1, 0.15) is 0 Å². The number of rotatable bonds is 5. The van der Waals surface area contributed by atoms with Crippen molar-refractivity contribution in [2.24, 2.45) is 0 Å². The van der Waals surface area contributed by atoms with Gasteiger partial charge < -0.3 is 5.32 Å². The number of hydrogen-bond acceptors (Lipinski definition) is 2. The molecule has 0 unspecified atom stereocenters. The lowest BCUT2D eigenvalue weighted by molar-refractivity contribution is -0.119.